The van der Waals surface area contributed by atoms with E-state index in [9.17, 15) is 14.4 Å². The Kier molecular flexibility index (Phi) is 4.94. The van der Waals surface area contributed by atoms with E-state index in [1.165, 1.54) is 23.1 Å². The van der Waals surface area contributed by atoms with Gasteiger partial charge in [0, 0.05) is 20.0 Å². The first-order valence-corrected chi connectivity index (χ1v) is 8.38. The minimum absolute atomic E-state index is 0.0493. The molecule has 2 heterocycles. The van der Waals surface area contributed by atoms with Gasteiger partial charge in [-0.25, -0.2) is 0 Å². The molecule has 6 heteroatoms. The van der Waals surface area contributed by atoms with Crippen LogP contribution in [0.3, 0.4) is 0 Å². The van der Waals surface area contributed by atoms with Crippen molar-refractivity contribution in [3.05, 3.63) is 24.3 Å². The lowest BCUT2D eigenvalue weighted by Crippen LogP contribution is -2.60. The van der Waals surface area contributed by atoms with Crippen LogP contribution in [-0.2, 0) is 19.1 Å². The zero-order valence-corrected chi connectivity index (χ0v) is 13.8. The van der Waals surface area contributed by atoms with Crippen LogP contribution in [0.15, 0.2) is 24.3 Å². The lowest BCUT2D eigenvalue weighted by molar-refractivity contribution is -0.157. The highest BCUT2D eigenvalue weighted by molar-refractivity contribution is 5.87. The second kappa shape index (κ2) is 7.13. The number of nitrogens with one attached hydrogen (secondary N) is 1. The molecule has 1 N–H and O–H groups in total. The normalized spacial score (nSPS) is 23.0. The van der Waals surface area contributed by atoms with Crippen LogP contribution in [0.1, 0.15) is 39.0 Å². The highest BCUT2D eigenvalue weighted by atomic mass is 16.5. The lowest BCUT2D eigenvalue weighted by Gasteiger charge is -2.39. The molecule has 0 radical (unpaired) electrons. The van der Waals surface area contributed by atoms with E-state index < -0.39 is 0 Å². The van der Waals surface area contributed by atoms with Crippen molar-refractivity contribution in [2.75, 3.05) is 6.61 Å². The summed E-state index contributed by atoms with van der Waals surface area (Å²) in [5, 5.41) is 1.32. The molecule has 2 aliphatic heterocycles. The summed E-state index contributed by atoms with van der Waals surface area (Å²) < 4.78 is 5.31. The number of amides is 2. The van der Waals surface area contributed by atoms with Gasteiger partial charge in [-0.05, 0) is 36.5 Å². The number of carbonyl (C=O) groups is 3. The maximum Gasteiger partial charge on any atom is 0.243 e. The van der Waals surface area contributed by atoms with E-state index >= 15 is 0 Å². The van der Waals surface area contributed by atoms with Crippen LogP contribution in [0.5, 0.6) is 0 Å². The van der Waals surface area contributed by atoms with Crippen molar-refractivity contribution < 1.29 is 19.1 Å². The third-order valence-corrected chi connectivity index (χ3v) is 4.45. The predicted octanol–water partition coefficient (Wildman–Crippen LogP) is 1.83. The van der Waals surface area contributed by atoms with Gasteiger partial charge in [0.15, 0.2) is 5.78 Å². The molecule has 0 aromatic heterocycles. The van der Waals surface area contributed by atoms with E-state index in [1.807, 2.05) is 0 Å². The third-order valence-electron chi connectivity index (χ3n) is 4.45. The summed E-state index contributed by atoms with van der Waals surface area (Å²) >= 11 is 0. The van der Waals surface area contributed by atoms with Crippen LogP contribution in [0, 0.1) is 0 Å². The number of hydrogen-bond acceptors (Lipinski definition) is 4. The van der Waals surface area contributed by atoms with Gasteiger partial charge in [-0.1, -0.05) is 18.2 Å². The molecule has 1 unspecified atom stereocenters. The van der Waals surface area contributed by atoms with Gasteiger partial charge in [0.1, 0.15) is 6.10 Å². The molecular formula is C18H22N2O4. The largest absolute Gasteiger partial charge is 0.370 e. The maximum absolute atomic E-state index is 11.8. The van der Waals surface area contributed by atoms with Crippen LogP contribution in [0.4, 0.5) is 0 Å². The molecule has 2 atom stereocenters. The summed E-state index contributed by atoms with van der Waals surface area (Å²) in [6.45, 7) is 2.02. The van der Waals surface area contributed by atoms with Crippen molar-refractivity contribution in [2.45, 2.75) is 51.2 Å². The quantitative estimate of drug-likeness (QED) is 0.849. The molecule has 2 amide bonds. The Hall–Kier alpha value is -2.21. The van der Waals surface area contributed by atoms with E-state index in [2.05, 4.69) is 29.7 Å². The Morgan fingerprint density at radius 2 is 2.08 bits per heavy atom. The number of fused-ring (bicyclic) bond motifs is 1. The second-order valence-electron chi connectivity index (χ2n) is 6.38. The number of ketones is 1. The van der Waals surface area contributed by atoms with E-state index in [4.69, 9.17) is 4.74 Å². The third kappa shape index (κ3) is 4.00. The highest BCUT2D eigenvalue weighted by Crippen LogP contribution is 2.32. The van der Waals surface area contributed by atoms with Crippen molar-refractivity contribution in [3.63, 3.8) is 0 Å². The standard InChI is InChI=1S/C12H18N2O4.C6H4/c1-8(15)13-14-9(7-12(14)17)4-5-10(16)11-3-2-6-18-11;1-2-5-4-6(5)3-1/h9,11H,2-7H2,1H3,(H,13,15);1-4H/t9-,11?;/m1./s1. The number of Topliss-reactive ketones (excluding diaryl/α,β-unsaturated/α-hetero) is 1. The molecule has 4 aliphatic rings. The van der Waals surface area contributed by atoms with Crippen molar-refractivity contribution in [1.29, 1.82) is 0 Å². The molecule has 0 aromatic rings. The molecule has 2 saturated heterocycles. The lowest BCUT2D eigenvalue weighted by atomic mass is 9.96. The molecule has 0 spiro atoms. The van der Waals surface area contributed by atoms with Crippen molar-refractivity contribution >= 4 is 17.6 Å². The van der Waals surface area contributed by atoms with Gasteiger partial charge in [-0.15, -0.1) is 0 Å². The van der Waals surface area contributed by atoms with Gasteiger partial charge >= 0.3 is 0 Å². The van der Waals surface area contributed by atoms with Gasteiger partial charge < -0.3 is 4.74 Å². The number of rotatable bonds is 5. The van der Waals surface area contributed by atoms with Crippen LogP contribution in [-0.4, -0.2) is 41.4 Å². The highest BCUT2D eigenvalue weighted by Gasteiger charge is 2.37. The molecule has 6 nitrogen and oxygen atoms in total. The fraction of sp³-hybridized carbons (Fsp3) is 0.500. The topological polar surface area (TPSA) is 75.7 Å². The van der Waals surface area contributed by atoms with Crippen LogP contribution >= 0.6 is 0 Å². The Morgan fingerprint density at radius 1 is 1.33 bits per heavy atom. The fourth-order valence-corrected chi connectivity index (χ4v) is 3.01. The number of ether oxygens (including phenoxy) is 1. The zero-order chi connectivity index (χ0) is 17.1. The average molecular weight is 330 g/mol. The number of β-lactam (4-membered cyclic amide) rings is 1. The van der Waals surface area contributed by atoms with Crippen molar-refractivity contribution in [3.8, 4) is 11.1 Å². The average Bonchev–Trinajstić information content (AvgIpc) is 2.99. The summed E-state index contributed by atoms with van der Waals surface area (Å²) in [5.41, 5.74) is 5.33. The summed E-state index contributed by atoms with van der Waals surface area (Å²) in [6, 6.07) is 8.43. The molecular weight excluding hydrogens is 308 g/mol. The molecule has 2 fully saturated rings. The first kappa shape index (κ1) is 16.6. The Balaban J connectivity index is 0.000000231. The monoisotopic (exact) mass is 330 g/mol. The Labute approximate surface area is 141 Å². The van der Waals surface area contributed by atoms with Crippen LogP contribution < -0.4 is 5.43 Å². The molecule has 2 aliphatic carbocycles. The number of nitrogens with zero attached hydrogens (tertiary/aromatic N) is 1. The number of hydrazine groups is 1. The van der Waals surface area contributed by atoms with Gasteiger partial charge in [0.2, 0.25) is 11.8 Å². The maximum atomic E-state index is 11.8. The summed E-state index contributed by atoms with van der Waals surface area (Å²) in [5.74, 6) is -0.257. The van der Waals surface area contributed by atoms with Gasteiger partial charge in [0.25, 0.3) is 0 Å². The minimum atomic E-state index is -0.265. The first-order valence-electron chi connectivity index (χ1n) is 8.38. The van der Waals surface area contributed by atoms with Gasteiger partial charge in [-0.2, -0.15) is 0 Å². The van der Waals surface area contributed by atoms with Gasteiger partial charge in [0.05, 0.1) is 12.5 Å². The van der Waals surface area contributed by atoms with E-state index in [1.54, 1.807) is 0 Å². The number of hydrogen-bond donors (Lipinski definition) is 1. The summed E-state index contributed by atoms with van der Waals surface area (Å²) in [4.78, 5) is 34.0. The molecule has 24 heavy (non-hydrogen) atoms. The van der Waals surface area contributed by atoms with E-state index in [0.29, 0.717) is 25.9 Å². The predicted molar refractivity (Wildman–Crippen MR) is 87.7 cm³/mol. The minimum Gasteiger partial charge on any atom is -0.370 e. The van der Waals surface area contributed by atoms with Gasteiger partial charge in [-0.3, -0.25) is 24.8 Å². The molecule has 0 aromatic carbocycles. The molecule has 128 valence electrons. The number of carbonyl (C=O) groups excluding carboxylic acids is 3. The van der Waals surface area contributed by atoms with E-state index in [-0.39, 0.29) is 29.7 Å². The summed E-state index contributed by atoms with van der Waals surface area (Å²) in [7, 11) is 0. The molecule has 0 saturated carbocycles. The summed E-state index contributed by atoms with van der Waals surface area (Å²) in [6.07, 6.45) is 2.88. The zero-order valence-electron chi connectivity index (χ0n) is 13.8. The second-order valence-corrected chi connectivity index (χ2v) is 6.38. The molecule has 4 rings (SSSR count). The van der Waals surface area contributed by atoms with Crippen LogP contribution in [0.2, 0.25) is 0 Å². The van der Waals surface area contributed by atoms with Crippen molar-refractivity contribution in [2.24, 2.45) is 0 Å². The smallest absolute Gasteiger partial charge is 0.243 e. The SMILES string of the molecule is CC(=O)NN1C(=O)C[C@H]1CCC(=O)C1CCCO1.c1cc2cc-2c1. The van der Waals surface area contributed by atoms with Crippen LogP contribution in [0.25, 0.3) is 11.1 Å². The fourth-order valence-electron chi connectivity index (χ4n) is 3.01. The first-order chi connectivity index (χ1) is 11.5. The van der Waals surface area contributed by atoms with E-state index in [0.717, 1.165) is 12.8 Å². The Bertz CT molecular complexity index is 635. The Morgan fingerprint density at radius 3 is 2.54 bits per heavy atom. The number of benzene rings is 1. The molecule has 0 bridgehead atoms. The van der Waals surface area contributed by atoms with Crippen molar-refractivity contribution in [1.82, 2.24) is 10.4 Å².